The van der Waals surface area contributed by atoms with Gasteiger partial charge in [-0.1, -0.05) is 13.8 Å². The van der Waals surface area contributed by atoms with Crippen molar-refractivity contribution in [1.29, 1.82) is 0 Å². The Balaban J connectivity index is 0. The van der Waals surface area contributed by atoms with Gasteiger partial charge in [0.15, 0.2) is 11.6 Å². The van der Waals surface area contributed by atoms with Gasteiger partial charge >= 0.3 is 11.9 Å². The van der Waals surface area contributed by atoms with Gasteiger partial charge in [-0.3, -0.25) is 19.2 Å². The zero-order valence-electron chi connectivity index (χ0n) is 16.5. The molecule has 8 heteroatoms. The Labute approximate surface area is 170 Å². The van der Waals surface area contributed by atoms with Crippen molar-refractivity contribution in [3.8, 4) is 0 Å². The molecule has 0 bridgehead atoms. The monoisotopic (exact) mass is 406 g/mol. The van der Waals surface area contributed by atoms with E-state index >= 15 is 0 Å². The molecule has 0 saturated heterocycles. The third kappa shape index (κ3) is 11.5. The van der Waals surface area contributed by atoms with Crippen molar-refractivity contribution < 1.29 is 55.1 Å². The van der Waals surface area contributed by atoms with Crippen LogP contribution in [0.3, 0.4) is 0 Å². The molecule has 0 saturated carbocycles. The second-order valence-electron chi connectivity index (χ2n) is 6.29. The summed E-state index contributed by atoms with van der Waals surface area (Å²) in [5, 5.41) is 0. The second kappa shape index (κ2) is 14.1. The van der Waals surface area contributed by atoms with Crippen LogP contribution in [0.15, 0.2) is 0 Å². The van der Waals surface area contributed by atoms with Crippen LogP contribution in [0.1, 0.15) is 67.2 Å². The van der Waals surface area contributed by atoms with Gasteiger partial charge in [-0.2, -0.15) is 0 Å². The number of hydrogen-bond donors (Lipinski definition) is 0. The molecule has 0 aromatic rings. The zero-order chi connectivity index (χ0) is 19.6. The number of ketones is 2. The van der Waals surface area contributed by atoms with Crippen LogP contribution < -0.4 is 0 Å². The van der Waals surface area contributed by atoms with E-state index in [2.05, 4.69) is 0 Å². The molecule has 148 valence electrons. The molecule has 0 aliphatic rings. The molecule has 0 aromatic heterocycles. The molecule has 0 heterocycles. The van der Waals surface area contributed by atoms with Gasteiger partial charge in [0.05, 0.1) is 12.2 Å². The molecule has 0 spiro atoms. The van der Waals surface area contributed by atoms with Gasteiger partial charge in [0, 0.05) is 21.7 Å². The minimum Gasteiger partial charge on any atom is -0.463 e. The Morgan fingerprint density at radius 2 is 1.00 bits per heavy atom. The van der Waals surface area contributed by atoms with Crippen LogP contribution in [0.5, 0.6) is 0 Å². The van der Waals surface area contributed by atoms with Crippen LogP contribution >= 0.6 is 0 Å². The molecule has 2 unspecified atom stereocenters. The fourth-order valence-electron chi connectivity index (χ4n) is 2.12. The van der Waals surface area contributed by atoms with Gasteiger partial charge in [0.2, 0.25) is 0 Å². The van der Waals surface area contributed by atoms with Gasteiger partial charge in [0.1, 0.15) is 25.0 Å². The molecule has 2 atom stereocenters. The Kier molecular flexibility index (Phi) is 14.7. The first-order valence-corrected chi connectivity index (χ1v) is 8.70. The number of Topliss-reactive ketones (excluding diaryl/α,β-unsaturated/α-hetero) is 2. The first kappa shape index (κ1) is 27.2. The van der Waals surface area contributed by atoms with E-state index in [9.17, 15) is 19.2 Å². The molecular weight excluding hydrogens is 376 g/mol. The number of esters is 2. The SMILES string of the molecule is CCC(OC(CC)C(=O)CC(=O)OC(C)C)C(=O)CC(=O)OC(C)C.[Ti]. The molecule has 0 aliphatic heterocycles. The average molecular weight is 406 g/mol. The summed E-state index contributed by atoms with van der Waals surface area (Å²) in [6.45, 7) is 10.2. The fraction of sp³-hybridized carbons (Fsp3) is 0.778. The van der Waals surface area contributed by atoms with Gasteiger partial charge in [0.25, 0.3) is 0 Å². The van der Waals surface area contributed by atoms with Crippen LogP contribution in [0.25, 0.3) is 0 Å². The van der Waals surface area contributed by atoms with Crippen molar-refractivity contribution >= 4 is 23.5 Å². The summed E-state index contributed by atoms with van der Waals surface area (Å²) in [5.74, 6) is -2.13. The first-order valence-electron chi connectivity index (χ1n) is 8.70. The predicted molar refractivity (Wildman–Crippen MR) is 90.9 cm³/mol. The Morgan fingerprint density at radius 3 is 1.23 bits per heavy atom. The van der Waals surface area contributed by atoms with Crippen molar-refractivity contribution in [2.45, 2.75) is 91.6 Å². The van der Waals surface area contributed by atoms with Crippen LogP contribution in [-0.4, -0.2) is 47.9 Å². The first-order chi connectivity index (χ1) is 11.6. The van der Waals surface area contributed by atoms with Crippen molar-refractivity contribution in [2.24, 2.45) is 0 Å². The summed E-state index contributed by atoms with van der Waals surface area (Å²) in [6.07, 6.45) is -2.59. The standard InChI is InChI=1S/C18H30O7.Ti/c1-7-15(13(19)9-17(21)23-11(3)4)25-16(8-2)14(20)10-18(22)24-12(5)6;/h11-12,15-16H,7-10H2,1-6H3;. The number of carbonyl (C=O) groups excluding carboxylic acids is 4. The third-order valence-corrected chi connectivity index (χ3v) is 3.16. The van der Waals surface area contributed by atoms with E-state index in [1.54, 1.807) is 41.5 Å². The van der Waals surface area contributed by atoms with Crippen molar-refractivity contribution in [1.82, 2.24) is 0 Å². The summed E-state index contributed by atoms with van der Waals surface area (Å²) in [4.78, 5) is 47.5. The maximum absolute atomic E-state index is 12.2. The molecule has 7 nitrogen and oxygen atoms in total. The molecule has 26 heavy (non-hydrogen) atoms. The van der Waals surface area contributed by atoms with Gasteiger partial charge in [-0.15, -0.1) is 0 Å². The fourth-order valence-corrected chi connectivity index (χ4v) is 2.12. The largest absolute Gasteiger partial charge is 0.463 e. The Bertz CT molecular complexity index is 432. The van der Waals surface area contributed by atoms with E-state index in [0.717, 1.165) is 0 Å². The maximum Gasteiger partial charge on any atom is 0.313 e. The Morgan fingerprint density at radius 1 is 0.692 bits per heavy atom. The van der Waals surface area contributed by atoms with Gasteiger partial charge < -0.3 is 14.2 Å². The summed E-state index contributed by atoms with van der Waals surface area (Å²) in [6, 6.07) is 0. The summed E-state index contributed by atoms with van der Waals surface area (Å²) in [5.41, 5.74) is 0. The third-order valence-electron chi connectivity index (χ3n) is 3.16. The summed E-state index contributed by atoms with van der Waals surface area (Å²) >= 11 is 0. The number of rotatable bonds is 12. The van der Waals surface area contributed by atoms with E-state index in [-0.39, 0.29) is 33.9 Å². The molecular formula is C18H30O7Ti. The van der Waals surface area contributed by atoms with Crippen LogP contribution in [0.2, 0.25) is 0 Å². The molecule has 0 amide bonds. The van der Waals surface area contributed by atoms with E-state index < -0.39 is 48.6 Å². The molecule has 0 rings (SSSR count). The van der Waals surface area contributed by atoms with Crippen LogP contribution in [-0.2, 0) is 55.1 Å². The number of carbonyl (C=O) groups is 4. The van der Waals surface area contributed by atoms with Crippen molar-refractivity contribution in [2.75, 3.05) is 0 Å². The summed E-state index contributed by atoms with van der Waals surface area (Å²) in [7, 11) is 0. The number of ether oxygens (including phenoxy) is 3. The quantitative estimate of drug-likeness (QED) is 0.279. The maximum atomic E-state index is 12.2. The average Bonchev–Trinajstić information content (AvgIpc) is 2.45. The summed E-state index contributed by atoms with van der Waals surface area (Å²) < 4.78 is 15.5. The molecule has 0 N–H and O–H groups in total. The molecule has 0 aliphatic carbocycles. The smallest absolute Gasteiger partial charge is 0.313 e. The minimum atomic E-state index is -0.894. The van der Waals surface area contributed by atoms with Crippen molar-refractivity contribution in [3.63, 3.8) is 0 Å². The number of hydrogen-bond acceptors (Lipinski definition) is 7. The van der Waals surface area contributed by atoms with E-state index in [0.29, 0.717) is 12.8 Å². The molecule has 0 fully saturated rings. The normalized spacial score (nSPS) is 12.9. The van der Waals surface area contributed by atoms with E-state index in [1.807, 2.05) is 0 Å². The van der Waals surface area contributed by atoms with E-state index in [1.165, 1.54) is 0 Å². The predicted octanol–water partition coefficient (Wildman–Crippen LogP) is 2.38. The van der Waals surface area contributed by atoms with Crippen LogP contribution in [0.4, 0.5) is 0 Å². The van der Waals surface area contributed by atoms with Crippen molar-refractivity contribution in [3.05, 3.63) is 0 Å². The van der Waals surface area contributed by atoms with Gasteiger partial charge in [-0.25, -0.2) is 0 Å². The Hall–Kier alpha value is -1.05. The zero-order valence-corrected chi connectivity index (χ0v) is 18.1. The van der Waals surface area contributed by atoms with E-state index in [4.69, 9.17) is 14.2 Å². The minimum absolute atomic E-state index is 0. The molecule has 0 radical (unpaired) electrons. The molecule has 0 aromatic carbocycles. The van der Waals surface area contributed by atoms with Gasteiger partial charge in [-0.05, 0) is 40.5 Å². The second-order valence-corrected chi connectivity index (χ2v) is 6.29. The topological polar surface area (TPSA) is 96.0 Å². The van der Waals surface area contributed by atoms with Crippen LogP contribution in [0, 0.1) is 0 Å².